The van der Waals surface area contributed by atoms with Crippen molar-refractivity contribution < 1.29 is 52.5 Å². The highest BCUT2D eigenvalue weighted by Crippen LogP contribution is 2.32. The fraction of sp³-hybridized carbons (Fsp3) is 0.167. The minimum atomic E-state index is -4.94. The van der Waals surface area contributed by atoms with Crippen LogP contribution in [0.25, 0.3) is 33.6 Å². The van der Waals surface area contributed by atoms with Gasteiger partial charge in [0.25, 0.3) is 0 Å². The number of hydrogen-bond donors (Lipinski definition) is 0. The van der Waals surface area contributed by atoms with Gasteiger partial charge in [-0.2, -0.15) is 0 Å². The first-order chi connectivity index (χ1) is 18.9. The van der Waals surface area contributed by atoms with Gasteiger partial charge in [0.2, 0.25) is 11.4 Å². The first-order valence-corrected chi connectivity index (χ1v) is 13.3. The quantitative estimate of drug-likeness (QED) is 0.238. The zero-order valence-corrected chi connectivity index (χ0v) is 22.9. The normalized spacial score (nSPS) is 12.4. The number of halogens is 1. The van der Waals surface area contributed by atoms with Crippen molar-refractivity contribution in [3.8, 4) is 33.6 Å². The SMILES string of the molecule is CC(=O)OCC(C)(OC(C)=O)[n+]1c(-c2ccccc2)cc(-c2ccccc2)cc1-c1ccccc1.[O-][Cl+3]([O-])([O-])[O-]. The van der Waals surface area contributed by atoms with Crippen LogP contribution in [0.2, 0.25) is 0 Å². The van der Waals surface area contributed by atoms with Crippen molar-refractivity contribution in [3.05, 3.63) is 103 Å². The van der Waals surface area contributed by atoms with Gasteiger partial charge in [0.15, 0.2) is 6.61 Å². The molecule has 1 unspecified atom stereocenters. The van der Waals surface area contributed by atoms with Crippen molar-refractivity contribution in [2.75, 3.05) is 6.61 Å². The topological polar surface area (TPSA) is 149 Å². The molecule has 0 fully saturated rings. The Morgan fingerprint density at radius 1 is 0.675 bits per heavy atom. The lowest BCUT2D eigenvalue weighted by Crippen LogP contribution is -2.68. The van der Waals surface area contributed by atoms with Gasteiger partial charge in [0.1, 0.15) is 0 Å². The molecule has 0 saturated heterocycles. The summed E-state index contributed by atoms with van der Waals surface area (Å²) in [5.74, 6) is -0.926. The van der Waals surface area contributed by atoms with Gasteiger partial charge >= 0.3 is 17.7 Å². The molecule has 0 saturated carbocycles. The molecule has 4 rings (SSSR count). The molecule has 40 heavy (non-hydrogen) atoms. The van der Waals surface area contributed by atoms with E-state index in [9.17, 15) is 9.59 Å². The molecule has 0 amide bonds. The predicted octanol–water partition coefficient (Wildman–Crippen LogP) is 1.02. The minimum absolute atomic E-state index is 0.142. The summed E-state index contributed by atoms with van der Waals surface area (Å²) in [6.07, 6.45) is 0. The van der Waals surface area contributed by atoms with Crippen molar-refractivity contribution in [2.45, 2.75) is 26.5 Å². The number of benzene rings is 3. The average Bonchev–Trinajstić information content (AvgIpc) is 2.91. The number of carbonyl (C=O) groups excluding carboxylic acids is 2. The minimum Gasteiger partial charge on any atom is -0.454 e. The molecule has 0 aliphatic rings. The third-order valence-corrected chi connectivity index (χ3v) is 5.69. The van der Waals surface area contributed by atoms with Crippen LogP contribution in [-0.4, -0.2) is 18.5 Å². The van der Waals surface area contributed by atoms with Crippen LogP contribution in [0.1, 0.15) is 20.8 Å². The largest absolute Gasteiger partial charge is 0.454 e. The Morgan fingerprint density at radius 2 is 1.05 bits per heavy atom. The molecular formula is C30H28ClNO8. The lowest BCUT2D eigenvalue weighted by atomic mass is 9.97. The zero-order valence-electron chi connectivity index (χ0n) is 22.1. The molecule has 9 nitrogen and oxygen atoms in total. The molecule has 0 bridgehead atoms. The first-order valence-electron chi connectivity index (χ1n) is 12.1. The Balaban J connectivity index is 0.000000810. The van der Waals surface area contributed by atoms with Crippen LogP contribution in [0.3, 0.4) is 0 Å². The number of esters is 2. The van der Waals surface area contributed by atoms with E-state index in [1.807, 2.05) is 83.4 Å². The number of rotatable bonds is 7. The Kier molecular flexibility index (Phi) is 10.1. The highest BCUT2D eigenvalue weighted by molar-refractivity contribution is 5.74. The van der Waals surface area contributed by atoms with Gasteiger partial charge in [-0.1, -0.05) is 66.7 Å². The van der Waals surface area contributed by atoms with Crippen LogP contribution >= 0.6 is 0 Å². The van der Waals surface area contributed by atoms with Crippen LogP contribution in [0.4, 0.5) is 0 Å². The number of hydrogen-bond acceptors (Lipinski definition) is 8. The Labute approximate surface area is 234 Å². The van der Waals surface area contributed by atoms with E-state index in [4.69, 9.17) is 28.1 Å². The van der Waals surface area contributed by atoms with Crippen LogP contribution < -0.4 is 23.2 Å². The lowest BCUT2D eigenvalue weighted by molar-refractivity contribution is -2.00. The smallest absolute Gasteiger partial charge is 0.346 e. The number of aromatic nitrogens is 1. The molecule has 208 valence electrons. The number of nitrogens with zero attached hydrogens (tertiary/aromatic N) is 1. The summed E-state index contributed by atoms with van der Waals surface area (Å²) in [5, 5.41) is 0. The van der Waals surface area contributed by atoms with Gasteiger partial charge in [-0.05, 0) is 35.4 Å². The molecule has 0 radical (unpaired) electrons. The Bertz CT molecular complexity index is 1360. The molecule has 4 aromatic rings. The maximum Gasteiger partial charge on any atom is 0.346 e. The summed E-state index contributed by atoms with van der Waals surface area (Å²) in [7, 11) is -4.94. The standard InChI is InChI=1S/C30H28NO4.ClHO4/c1-22(32)34-21-30(3,35-23(2)33)31-28(25-15-9-5-10-16-25)19-27(24-13-7-4-8-14-24)20-29(31)26-17-11-6-12-18-26;2-1(3,4)5/h4-20H,21H2,1-3H3;(H,2,3,4,5)/q+1;/p-1. The van der Waals surface area contributed by atoms with E-state index in [-0.39, 0.29) is 6.61 Å². The summed E-state index contributed by atoms with van der Waals surface area (Å²) >= 11 is 0. The van der Waals surface area contributed by atoms with Crippen molar-refractivity contribution in [3.63, 3.8) is 0 Å². The molecular weight excluding hydrogens is 538 g/mol. The highest BCUT2D eigenvalue weighted by Gasteiger charge is 2.45. The van der Waals surface area contributed by atoms with Crippen LogP contribution in [0, 0.1) is 10.2 Å². The van der Waals surface area contributed by atoms with Crippen molar-refractivity contribution >= 4 is 11.9 Å². The van der Waals surface area contributed by atoms with Gasteiger partial charge in [0, 0.05) is 44.0 Å². The van der Waals surface area contributed by atoms with E-state index in [0.29, 0.717) is 0 Å². The predicted molar refractivity (Wildman–Crippen MR) is 135 cm³/mol. The van der Waals surface area contributed by atoms with E-state index in [1.54, 1.807) is 6.92 Å². The molecule has 10 heteroatoms. The molecule has 3 aromatic carbocycles. The monoisotopic (exact) mass is 565 g/mol. The molecule has 0 N–H and O–H groups in total. The zero-order chi connectivity index (χ0) is 29.3. The summed E-state index contributed by atoms with van der Waals surface area (Å²) in [5.41, 5.74) is 4.28. The van der Waals surface area contributed by atoms with E-state index in [1.165, 1.54) is 13.8 Å². The van der Waals surface area contributed by atoms with Gasteiger partial charge in [0.05, 0.1) is 0 Å². The number of pyridine rings is 1. The molecule has 1 atom stereocenters. The van der Waals surface area contributed by atoms with Gasteiger partial charge in [-0.15, -0.1) is 14.8 Å². The number of ether oxygens (including phenoxy) is 2. The maximum absolute atomic E-state index is 12.3. The summed E-state index contributed by atoms with van der Waals surface area (Å²) < 4.78 is 47.2. The van der Waals surface area contributed by atoms with E-state index in [0.717, 1.165) is 33.6 Å². The fourth-order valence-corrected chi connectivity index (χ4v) is 4.23. The average molecular weight is 566 g/mol. The Hall–Kier alpha value is -4.12. The molecule has 0 aliphatic carbocycles. The van der Waals surface area contributed by atoms with Gasteiger partial charge in [-0.3, -0.25) is 9.59 Å². The van der Waals surface area contributed by atoms with Crippen molar-refractivity contribution in [1.29, 1.82) is 0 Å². The molecule has 0 aliphatic heterocycles. The molecule has 1 heterocycles. The molecule has 1 aromatic heterocycles. The molecule has 0 spiro atoms. The third-order valence-electron chi connectivity index (χ3n) is 5.69. The Morgan fingerprint density at radius 3 is 1.40 bits per heavy atom. The second-order valence-corrected chi connectivity index (χ2v) is 9.63. The van der Waals surface area contributed by atoms with Crippen LogP contribution in [0.5, 0.6) is 0 Å². The van der Waals surface area contributed by atoms with Crippen molar-refractivity contribution in [2.24, 2.45) is 0 Å². The van der Waals surface area contributed by atoms with Gasteiger partial charge < -0.3 is 9.47 Å². The second-order valence-electron chi connectivity index (χ2n) is 8.87. The van der Waals surface area contributed by atoms with Crippen molar-refractivity contribution in [1.82, 2.24) is 0 Å². The third kappa shape index (κ3) is 8.70. The summed E-state index contributed by atoms with van der Waals surface area (Å²) in [4.78, 5) is 24.1. The van der Waals surface area contributed by atoms with E-state index in [2.05, 4.69) is 24.3 Å². The lowest BCUT2D eigenvalue weighted by Gasteiger charge is -2.27. The van der Waals surface area contributed by atoms with E-state index >= 15 is 0 Å². The van der Waals surface area contributed by atoms with Gasteiger partial charge in [-0.25, -0.2) is 18.6 Å². The van der Waals surface area contributed by atoms with E-state index < -0.39 is 27.9 Å². The first kappa shape index (κ1) is 30.4. The summed E-state index contributed by atoms with van der Waals surface area (Å²) in [6.45, 7) is 4.32. The highest BCUT2D eigenvalue weighted by atomic mass is 35.7. The second kappa shape index (κ2) is 13.3. The summed E-state index contributed by atoms with van der Waals surface area (Å²) in [6, 6.07) is 34.1. The number of carbonyl (C=O) groups is 2. The van der Waals surface area contributed by atoms with Crippen LogP contribution in [0.15, 0.2) is 103 Å². The maximum atomic E-state index is 12.3. The van der Waals surface area contributed by atoms with Crippen LogP contribution in [-0.2, 0) is 24.8 Å². The fourth-order valence-electron chi connectivity index (χ4n) is 4.23.